The Kier molecular flexibility index (Phi) is 18.6. The highest BCUT2D eigenvalue weighted by molar-refractivity contribution is 7.45. The van der Waals surface area contributed by atoms with Crippen molar-refractivity contribution in [2.24, 2.45) is 0 Å². The lowest BCUT2D eigenvalue weighted by Gasteiger charge is -2.27. The fourth-order valence-corrected chi connectivity index (χ4v) is 3.80. The van der Waals surface area contributed by atoms with Crippen LogP contribution in [0.5, 0.6) is 0 Å². The summed E-state index contributed by atoms with van der Waals surface area (Å²) < 4.78 is 26.6. The number of carbonyl (C=O) groups is 1. The molecule has 0 fully saturated rings. The molecular formula is C23H48NO7P. The molecule has 0 radical (unpaired) electrons. The minimum Gasteiger partial charge on any atom is -0.756 e. The Morgan fingerprint density at radius 3 is 1.88 bits per heavy atom. The van der Waals surface area contributed by atoms with E-state index in [9.17, 15) is 19.4 Å². The third-order valence-electron chi connectivity index (χ3n) is 5.11. The number of unbranched alkanes of at least 4 members (excludes halogenated alkanes) is 11. The number of phosphoric acid groups is 1. The van der Waals surface area contributed by atoms with Gasteiger partial charge in [-0.05, 0) is 6.42 Å². The SMILES string of the molecule is CCCCCCCCCCCCCCC(=O)OC[C@H](O)COP(=O)([O-])OCC[N+](C)(C)C. The summed E-state index contributed by atoms with van der Waals surface area (Å²) in [5.74, 6) is -0.388. The summed E-state index contributed by atoms with van der Waals surface area (Å²) in [5, 5.41) is 9.77. The average Bonchev–Trinajstić information content (AvgIpc) is 2.70. The summed E-state index contributed by atoms with van der Waals surface area (Å²) in [6.07, 6.45) is 13.7. The van der Waals surface area contributed by atoms with Crippen LogP contribution >= 0.6 is 7.82 Å². The van der Waals surface area contributed by atoms with Gasteiger partial charge in [0, 0.05) is 6.42 Å². The second-order valence-corrected chi connectivity index (χ2v) is 11.0. The summed E-state index contributed by atoms with van der Waals surface area (Å²) in [7, 11) is 1.25. The van der Waals surface area contributed by atoms with Crippen LogP contribution in [0.25, 0.3) is 0 Å². The van der Waals surface area contributed by atoms with Gasteiger partial charge in [-0.15, -0.1) is 0 Å². The third-order valence-corrected chi connectivity index (χ3v) is 6.07. The van der Waals surface area contributed by atoms with Crippen LogP contribution in [0.2, 0.25) is 0 Å². The molecule has 9 heteroatoms. The van der Waals surface area contributed by atoms with Crippen LogP contribution < -0.4 is 4.89 Å². The Morgan fingerprint density at radius 2 is 1.38 bits per heavy atom. The van der Waals surface area contributed by atoms with Gasteiger partial charge < -0.3 is 28.3 Å². The van der Waals surface area contributed by atoms with Crippen LogP contribution in [0, 0.1) is 0 Å². The molecule has 8 nitrogen and oxygen atoms in total. The number of aliphatic hydroxyl groups excluding tert-OH is 1. The van der Waals surface area contributed by atoms with Crippen LogP contribution in [0.3, 0.4) is 0 Å². The monoisotopic (exact) mass is 481 g/mol. The lowest BCUT2D eigenvalue weighted by molar-refractivity contribution is -0.870. The predicted molar refractivity (Wildman–Crippen MR) is 125 cm³/mol. The fraction of sp³-hybridized carbons (Fsp3) is 0.957. The highest BCUT2D eigenvalue weighted by Gasteiger charge is 2.16. The number of quaternary nitrogens is 1. The maximum absolute atomic E-state index is 11.7. The van der Waals surface area contributed by atoms with Crippen molar-refractivity contribution in [3.63, 3.8) is 0 Å². The van der Waals surface area contributed by atoms with Gasteiger partial charge in [0.25, 0.3) is 7.82 Å². The Hall–Kier alpha value is -0.500. The average molecular weight is 482 g/mol. The first-order valence-electron chi connectivity index (χ1n) is 12.3. The van der Waals surface area contributed by atoms with Crippen LogP contribution in [0.15, 0.2) is 0 Å². The summed E-state index contributed by atoms with van der Waals surface area (Å²) in [6, 6.07) is 0. The predicted octanol–water partition coefficient (Wildman–Crippen LogP) is 4.19. The number of likely N-dealkylation sites (N-methyl/N-ethyl adjacent to an activating group) is 1. The van der Waals surface area contributed by atoms with E-state index in [0.717, 1.165) is 19.3 Å². The molecular weight excluding hydrogens is 433 g/mol. The van der Waals surface area contributed by atoms with E-state index in [1.54, 1.807) is 0 Å². The van der Waals surface area contributed by atoms with Crippen molar-refractivity contribution in [1.29, 1.82) is 0 Å². The maximum atomic E-state index is 11.7. The molecule has 0 saturated heterocycles. The third kappa shape index (κ3) is 22.7. The Morgan fingerprint density at radius 1 is 0.875 bits per heavy atom. The number of rotatable bonds is 22. The standard InChI is InChI=1S/C23H48NO7P/c1-5-6-7-8-9-10-11-12-13-14-15-16-17-23(26)29-20-22(25)21-31-32(27,28)30-19-18-24(2,3)4/h22,25H,5-21H2,1-4H3/t22-/m0/s1. The molecule has 0 saturated carbocycles. The number of esters is 1. The molecule has 192 valence electrons. The van der Waals surface area contributed by atoms with Crippen LogP contribution in [0.1, 0.15) is 90.4 Å². The van der Waals surface area contributed by atoms with Crippen LogP contribution in [-0.4, -0.2) is 69.2 Å². The summed E-state index contributed by atoms with van der Waals surface area (Å²) in [4.78, 5) is 23.4. The van der Waals surface area contributed by atoms with Crippen molar-refractivity contribution >= 4 is 13.8 Å². The first kappa shape index (κ1) is 31.5. The molecule has 0 aliphatic rings. The first-order valence-corrected chi connectivity index (χ1v) is 13.8. The number of ether oxygens (including phenoxy) is 1. The zero-order chi connectivity index (χ0) is 24.3. The number of hydrogen-bond acceptors (Lipinski definition) is 7. The zero-order valence-electron chi connectivity index (χ0n) is 20.9. The Bertz CT molecular complexity index is 511. The van der Waals surface area contributed by atoms with Gasteiger partial charge in [0.2, 0.25) is 0 Å². The van der Waals surface area contributed by atoms with E-state index in [1.165, 1.54) is 57.8 Å². The van der Waals surface area contributed by atoms with Gasteiger partial charge in [-0.3, -0.25) is 9.36 Å². The minimum atomic E-state index is -4.48. The van der Waals surface area contributed by atoms with Crippen molar-refractivity contribution in [3.05, 3.63) is 0 Å². The molecule has 0 amide bonds. The van der Waals surface area contributed by atoms with E-state index in [-0.39, 0.29) is 19.2 Å². The lowest BCUT2D eigenvalue weighted by Crippen LogP contribution is -2.37. The van der Waals surface area contributed by atoms with Gasteiger partial charge in [-0.25, -0.2) is 0 Å². The highest BCUT2D eigenvalue weighted by Crippen LogP contribution is 2.38. The Labute approximate surface area is 195 Å². The highest BCUT2D eigenvalue weighted by atomic mass is 31.2. The molecule has 0 aromatic carbocycles. The van der Waals surface area contributed by atoms with Gasteiger partial charge in [0.1, 0.15) is 25.9 Å². The number of hydrogen-bond donors (Lipinski definition) is 1. The molecule has 0 rings (SSSR count). The molecule has 0 heterocycles. The molecule has 0 aromatic rings. The number of carbonyl (C=O) groups excluding carboxylic acids is 1. The summed E-state index contributed by atoms with van der Waals surface area (Å²) in [5.41, 5.74) is 0. The number of nitrogens with zero attached hydrogens (tertiary/aromatic N) is 1. The van der Waals surface area contributed by atoms with Crippen molar-refractivity contribution < 1.29 is 37.6 Å². The van der Waals surface area contributed by atoms with E-state index in [4.69, 9.17) is 9.26 Å². The maximum Gasteiger partial charge on any atom is 0.305 e. The van der Waals surface area contributed by atoms with E-state index < -0.39 is 20.5 Å². The van der Waals surface area contributed by atoms with Crippen LogP contribution in [-0.2, 0) is 23.1 Å². The van der Waals surface area contributed by atoms with E-state index in [0.29, 0.717) is 17.4 Å². The van der Waals surface area contributed by atoms with Gasteiger partial charge in [0.15, 0.2) is 0 Å². The minimum absolute atomic E-state index is 0.00555. The quantitative estimate of drug-likeness (QED) is 0.107. The van der Waals surface area contributed by atoms with Gasteiger partial charge in [-0.2, -0.15) is 0 Å². The molecule has 32 heavy (non-hydrogen) atoms. The van der Waals surface area contributed by atoms with Crippen molar-refractivity contribution in [1.82, 2.24) is 0 Å². The topological polar surface area (TPSA) is 105 Å². The second-order valence-electron chi connectivity index (χ2n) is 9.57. The van der Waals surface area contributed by atoms with E-state index in [1.807, 2.05) is 21.1 Å². The molecule has 1 N–H and O–H groups in total. The number of phosphoric ester groups is 1. The molecule has 2 atom stereocenters. The smallest absolute Gasteiger partial charge is 0.305 e. The van der Waals surface area contributed by atoms with Gasteiger partial charge >= 0.3 is 5.97 Å². The second kappa shape index (κ2) is 18.9. The van der Waals surface area contributed by atoms with E-state index in [2.05, 4.69) is 11.4 Å². The first-order chi connectivity index (χ1) is 15.1. The van der Waals surface area contributed by atoms with Gasteiger partial charge in [0.05, 0.1) is 27.7 Å². The van der Waals surface area contributed by atoms with Crippen molar-refractivity contribution in [2.45, 2.75) is 96.5 Å². The normalized spacial score (nSPS) is 14.8. The number of aliphatic hydroxyl groups is 1. The Balaban J connectivity index is 3.60. The van der Waals surface area contributed by atoms with Gasteiger partial charge in [-0.1, -0.05) is 77.6 Å². The zero-order valence-corrected chi connectivity index (χ0v) is 21.8. The molecule has 1 unspecified atom stereocenters. The molecule has 0 aromatic heterocycles. The van der Waals surface area contributed by atoms with E-state index >= 15 is 0 Å². The summed E-state index contributed by atoms with van der Waals surface area (Å²) >= 11 is 0. The van der Waals surface area contributed by atoms with Crippen molar-refractivity contribution in [3.8, 4) is 0 Å². The molecule has 0 spiro atoms. The molecule has 0 aliphatic carbocycles. The largest absolute Gasteiger partial charge is 0.756 e. The molecule has 0 bridgehead atoms. The fourth-order valence-electron chi connectivity index (χ4n) is 3.06. The lowest BCUT2D eigenvalue weighted by atomic mass is 10.0. The molecule has 0 aliphatic heterocycles. The van der Waals surface area contributed by atoms with Crippen LogP contribution in [0.4, 0.5) is 0 Å². The van der Waals surface area contributed by atoms with Crippen molar-refractivity contribution in [2.75, 3.05) is 47.5 Å². The summed E-state index contributed by atoms with van der Waals surface area (Å²) in [6.45, 7) is 1.93.